The molecule has 0 atom stereocenters. The van der Waals surface area contributed by atoms with Crippen LogP contribution in [-0.2, 0) is 0 Å². The average molecular weight is 487 g/mol. The van der Waals surface area contributed by atoms with E-state index < -0.39 is 0 Å². The third kappa shape index (κ3) is 4.32. The fourth-order valence-electron chi connectivity index (χ4n) is 4.20. The highest BCUT2D eigenvalue weighted by atomic mass is 16.5. The fourth-order valence-corrected chi connectivity index (χ4v) is 4.20. The van der Waals surface area contributed by atoms with Crippen LogP contribution in [0.25, 0.3) is 27.8 Å². The van der Waals surface area contributed by atoms with Crippen molar-refractivity contribution in [2.75, 3.05) is 17.7 Å². The normalized spacial score (nSPS) is 10.9. The number of anilines is 3. The minimum absolute atomic E-state index is 0.170. The van der Waals surface area contributed by atoms with Crippen molar-refractivity contribution in [3.8, 4) is 17.1 Å². The van der Waals surface area contributed by atoms with Crippen molar-refractivity contribution in [3.05, 3.63) is 109 Å². The first-order chi connectivity index (χ1) is 18.2. The molecule has 0 aliphatic carbocycles. The van der Waals surface area contributed by atoms with Crippen molar-refractivity contribution in [2.24, 2.45) is 0 Å². The number of hydrogen-bond acceptors (Lipinski definition) is 6. The molecule has 2 N–H and O–H groups in total. The number of amides is 1. The second kappa shape index (κ2) is 9.43. The number of ether oxygens (including phenoxy) is 1. The molecule has 0 fully saturated rings. The van der Waals surface area contributed by atoms with Gasteiger partial charge < -0.3 is 15.4 Å². The quantitative estimate of drug-likeness (QED) is 0.302. The maximum Gasteiger partial charge on any atom is 0.255 e. The van der Waals surface area contributed by atoms with E-state index >= 15 is 0 Å². The Kier molecular flexibility index (Phi) is 5.67. The van der Waals surface area contributed by atoms with Gasteiger partial charge in [-0.1, -0.05) is 48.5 Å². The van der Waals surface area contributed by atoms with E-state index in [-0.39, 0.29) is 5.91 Å². The SMILES string of the molecule is COc1ccc(-c2nnc3c4ccccc4c(Nc4cccc(NC(=O)c5ccccc5)c4)nn23)cc1. The molecule has 2 aromatic heterocycles. The predicted octanol–water partition coefficient (Wildman–Crippen LogP) is 5.95. The molecule has 8 heteroatoms. The lowest BCUT2D eigenvalue weighted by Crippen LogP contribution is -2.11. The standard InChI is InChI=1S/C29H22N6O2/c1-37-23-16-14-19(15-17-23)27-32-33-28-25-13-6-5-12-24(25)26(34-35(27)28)30-21-10-7-11-22(18-21)31-29(36)20-8-3-2-4-9-20/h2-18H,1H3,(H,30,34)(H,31,36). The van der Waals surface area contributed by atoms with Crippen molar-refractivity contribution in [1.29, 1.82) is 0 Å². The van der Waals surface area contributed by atoms with Gasteiger partial charge in [-0.15, -0.1) is 15.3 Å². The van der Waals surface area contributed by atoms with Crippen LogP contribution in [0.15, 0.2) is 103 Å². The molecule has 2 heterocycles. The van der Waals surface area contributed by atoms with Crippen LogP contribution in [-0.4, -0.2) is 32.8 Å². The zero-order valence-electron chi connectivity index (χ0n) is 19.9. The number of fused-ring (bicyclic) bond motifs is 3. The molecule has 1 amide bonds. The van der Waals surface area contributed by atoms with Crippen molar-refractivity contribution in [1.82, 2.24) is 19.8 Å². The first kappa shape index (κ1) is 22.2. The van der Waals surface area contributed by atoms with E-state index in [1.54, 1.807) is 23.8 Å². The number of nitrogens with one attached hydrogen (secondary N) is 2. The van der Waals surface area contributed by atoms with Gasteiger partial charge in [-0.3, -0.25) is 4.79 Å². The molecule has 6 aromatic rings. The van der Waals surface area contributed by atoms with Gasteiger partial charge in [-0.2, -0.15) is 4.52 Å². The lowest BCUT2D eigenvalue weighted by molar-refractivity contribution is 0.102. The maximum absolute atomic E-state index is 12.6. The molecule has 6 rings (SSSR count). The lowest BCUT2D eigenvalue weighted by atomic mass is 10.1. The molecule has 0 spiro atoms. The van der Waals surface area contributed by atoms with Crippen LogP contribution in [0.3, 0.4) is 0 Å². The van der Waals surface area contributed by atoms with Gasteiger partial charge >= 0.3 is 0 Å². The van der Waals surface area contributed by atoms with Gasteiger partial charge in [0, 0.05) is 33.3 Å². The molecule has 0 unspecified atom stereocenters. The average Bonchev–Trinajstić information content (AvgIpc) is 3.38. The largest absolute Gasteiger partial charge is 0.497 e. The van der Waals surface area contributed by atoms with E-state index in [4.69, 9.17) is 9.84 Å². The third-order valence-corrected chi connectivity index (χ3v) is 6.03. The van der Waals surface area contributed by atoms with Crippen LogP contribution in [0.2, 0.25) is 0 Å². The molecule has 37 heavy (non-hydrogen) atoms. The highest BCUT2D eigenvalue weighted by molar-refractivity contribution is 6.05. The number of aromatic nitrogens is 4. The maximum atomic E-state index is 12.6. The van der Waals surface area contributed by atoms with Gasteiger partial charge in [-0.25, -0.2) is 0 Å². The number of methoxy groups -OCH3 is 1. The first-order valence-electron chi connectivity index (χ1n) is 11.7. The van der Waals surface area contributed by atoms with Crippen LogP contribution >= 0.6 is 0 Å². The smallest absolute Gasteiger partial charge is 0.255 e. The van der Waals surface area contributed by atoms with E-state index in [0.29, 0.717) is 28.5 Å². The number of nitrogens with zero attached hydrogens (tertiary/aromatic N) is 4. The van der Waals surface area contributed by atoms with Crippen LogP contribution in [0, 0.1) is 0 Å². The molecular formula is C29H22N6O2. The number of benzene rings is 4. The van der Waals surface area contributed by atoms with Crippen LogP contribution in [0.1, 0.15) is 10.4 Å². The second-order valence-corrected chi connectivity index (χ2v) is 8.41. The molecule has 0 saturated carbocycles. The van der Waals surface area contributed by atoms with Crippen molar-refractivity contribution >= 4 is 39.5 Å². The van der Waals surface area contributed by atoms with E-state index in [2.05, 4.69) is 20.8 Å². The molecule has 8 nitrogen and oxygen atoms in total. The van der Waals surface area contributed by atoms with Gasteiger partial charge in [0.2, 0.25) is 0 Å². The zero-order chi connectivity index (χ0) is 25.2. The zero-order valence-corrected chi connectivity index (χ0v) is 19.9. The minimum Gasteiger partial charge on any atom is -0.497 e. The van der Waals surface area contributed by atoms with Crippen molar-refractivity contribution in [3.63, 3.8) is 0 Å². The van der Waals surface area contributed by atoms with E-state index in [9.17, 15) is 4.79 Å². The Labute approximate surface area is 212 Å². The summed E-state index contributed by atoms with van der Waals surface area (Å²) in [5.74, 6) is 1.86. The van der Waals surface area contributed by atoms with Crippen molar-refractivity contribution in [2.45, 2.75) is 0 Å². The predicted molar refractivity (Wildman–Crippen MR) is 144 cm³/mol. The van der Waals surface area contributed by atoms with Crippen LogP contribution in [0.4, 0.5) is 17.2 Å². The van der Waals surface area contributed by atoms with Gasteiger partial charge in [0.25, 0.3) is 5.91 Å². The van der Waals surface area contributed by atoms with E-state index in [1.165, 1.54) is 0 Å². The Morgan fingerprint density at radius 2 is 1.51 bits per heavy atom. The Bertz CT molecular complexity index is 1730. The van der Waals surface area contributed by atoms with E-state index in [0.717, 1.165) is 27.8 Å². The second-order valence-electron chi connectivity index (χ2n) is 8.41. The summed E-state index contributed by atoms with van der Waals surface area (Å²) in [5, 5.41) is 21.9. The summed E-state index contributed by atoms with van der Waals surface area (Å²) < 4.78 is 7.02. The highest BCUT2D eigenvalue weighted by Crippen LogP contribution is 2.30. The Balaban J connectivity index is 1.38. The Hall–Kier alpha value is -5.24. The number of carbonyl (C=O) groups is 1. The number of carbonyl (C=O) groups excluding carboxylic acids is 1. The first-order valence-corrected chi connectivity index (χ1v) is 11.7. The summed E-state index contributed by atoms with van der Waals surface area (Å²) in [7, 11) is 1.63. The monoisotopic (exact) mass is 486 g/mol. The summed E-state index contributed by atoms with van der Waals surface area (Å²) in [6.07, 6.45) is 0. The molecular weight excluding hydrogens is 464 g/mol. The number of rotatable bonds is 6. The molecule has 4 aromatic carbocycles. The molecule has 0 radical (unpaired) electrons. The molecule has 0 aliphatic rings. The molecule has 0 bridgehead atoms. The van der Waals surface area contributed by atoms with Gasteiger partial charge in [0.15, 0.2) is 17.3 Å². The van der Waals surface area contributed by atoms with Crippen LogP contribution < -0.4 is 15.4 Å². The molecule has 0 saturated heterocycles. The van der Waals surface area contributed by atoms with Crippen molar-refractivity contribution < 1.29 is 9.53 Å². The summed E-state index contributed by atoms with van der Waals surface area (Å²) >= 11 is 0. The molecule has 0 aliphatic heterocycles. The van der Waals surface area contributed by atoms with E-state index in [1.807, 2.05) is 91.0 Å². The summed E-state index contributed by atoms with van der Waals surface area (Å²) in [6, 6.07) is 32.2. The van der Waals surface area contributed by atoms with Gasteiger partial charge in [-0.05, 0) is 54.6 Å². The Morgan fingerprint density at radius 1 is 0.784 bits per heavy atom. The van der Waals surface area contributed by atoms with Gasteiger partial charge in [0.05, 0.1) is 7.11 Å². The summed E-state index contributed by atoms with van der Waals surface area (Å²) in [5.41, 5.74) is 3.58. The highest BCUT2D eigenvalue weighted by Gasteiger charge is 2.16. The fraction of sp³-hybridized carbons (Fsp3) is 0.0345. The third-order valence-electron chi connectivity index (χ3n) is 6.03. The summed E-state index contributed by atoms with van der Waals surface area (Å²) in [4.78, 5) is 12.6. The number of hydrogen-bond donors (Lipinski definition) is 2. The summed E-state index contributed by atoms with van der Waals surface area (Å²) in [6.45, 7) is 0. The lowest BCUT2D eigenvalue weighted by Gasteiger charge is -2.12. The van der Waals surface area contributed by atoms with Gasteiger partial charge in [0.1, 0.15) is 5.75 Å². The topological polar surface area (TPSA) is 93.4 Å². The van der Waals surface area contributed by atoms with Crippen LogP contribution in [0.5, 0.6) is 5.75 Å². The molecule has 180 valence electrons. The minimum atomic E-state index is -0.170. The Morgan fingerprint density at radius 3 is 2.30 bits per heavy atom.